The number of ether oxygens (including phenoxy) is 2. The Labute approximate surface area is 191 Å². The van der Waals surface area contributed by atoms with Gasteiger partial charge in [-0.3, -0.25) is 9.10 Å². The molecular formula is C24H34N2O5S. The van der Waals surface area contributed by atoms with E-state index in [1.54, 1.807) is 24.3 Å². The van der Waals surface area contributed by atoms with E-state index in [0.717, 1.165) is 24.8 Å². The fourth-order valence-corrected chi connectivity index (χ4v) is 3.58. The lowest BCUT2D eigenvalue weighted by Crippen LogP contribution is -2.38. The van der Waals surface area contributed by atoms with Gasteiger partial charge in [-0.1, -0.05) is 19.1 Å². The number of aryl methyl sites for hydroxylation is 1. The van der Waals surface area contributed by atoms with E-state index in [4.69, 9.17) is 9.47 Å². The smallest absolute Gasteiger partial charge is 0.261 e. The summed E-state index contributed by atoms with van der Waals surface area (Å²) in [5, 5.41) is 2.94. The molecule has 176 valence electrons. The van der Waals surface area contributed by atoms with Gasteiger partial charge in [-0.25, -0.2) is 8.42 Å². The molecule has 1 atom stereocenters. The van der Waals surface area contributed by atoms with Crippen molar-refractivity contribution in [3.05, 3.63) is 54.1 Å². The second-order valence-corrected chi connectivity index (χ2v) is 9.96. The highest BCUT2D eigenvalue weighted by Crippen LogP contribution is 2.21. The van der Waals surface area contributed by atoms with Crippen LogP contribution in [0.2, 0.25) is 0 Å². The van der Waals surface area contributed by atoms with Crippen molar-refractivity contribution in [1.82, 2.24) is 5.32 Å². The Morgan fingerprint density at radius 3 is 2.34 bits per heavy atom. The number of hydrogen-bond acceptors (Lipinski definition) is 5. The van der Waals surface area contributed by atoms with E-state index in [1.165, 1.54) is 16.9 Å². The van der Waals surface area contributed by atoms with Gasteiger partial charge in [0.1, 0.15) is 11.5 Å². The normalized spacial score (nSPS) is 12.3. The summed E-state index contributed by atoms with van der Waals surface area (Å²) in [5.41, 5.74) is 1.69. The van der Waals surface area contributed by atoms with E-state index < -0.39 is 16.1 Å². The number of carbonyl (C=O) groups excluding carboxylic acids is 1. The van der Waals surface area contributed by atoms with Crippen molar-refractivity contribution < 1.29 is 22.7 Å². The number of rotatable bonds is 12. The molecular weight excluding hydrogens is 428 g/mol. The molecule has 0 aliphatic rings. The molecule has 0 saturated carbocycles. The quantitative estimate of drug-likeness (QED) is 0.485. The van der Waals surface area contributed by atoms with E-state index in [0.29, 0.717) is 24.4 Å². The lowest BCUT2D eigenvalue weighted by molar-refractivity contribution is -0.128. The molecule has 1 N–H and O–H groups in total. The van der Waals surface area contributed by atoms with Gasteiger partial charge in [-0.2, -0.15) is 0 Å². The zero-order valence-electron chi connectivity index (χ0n) is 19.5. The van der Waals surface area contributed by atoms with Crippen molar-refractivity contribution >= 4 is 21.6 Å². The summed E-state index contributed by atoms with van der Waals surface area (Å²) in [5.74, 6) is 1.20. The van der Waals surface area contributed by atoms with E-state index in [9.17, 15) is 13.2 Å². The van der Waals surface area contributed by atoms with Crippen LogP contribution in [-0.2, 0) is 21.2 Å². The number of amides is 1. The van der Waals surface area contributed by atoms with Crippen molar-refractivity contribution in [2.45, 2.75) is 52.2 Å². The van der Waals surface area contributed by atoms with Crippen LogP contribution in [0.5, 0.6) is 11.5 Å². The maximum Gasteiger partial charge on any atom is 0.261 e. The fraction of sp³-hybridized carbons (Fsp3) is 0.458. The first-order chi connectivity index (χ1) is 15.1. The molecule has 2 aromatic rings. The molecule has 32 heavy (non-hydrogen) atoms. The number of nitrogens with zero attached hydrogens (tertiary/aromatic N) is 1. The van der Waals surface area contributed by atoms with Crippen LogP contribution < -0.4 is 19.1 Å². The molecule has 1 amide bonds. The molecule has 0 aliphatic carbocycles. The van der Waals surface area contributed by atoms with Crippen molar-refractivity contribution in [3.63, 3.8) is 0 Å². The van der Waals surface area contributed by atoms with Crippen LogP contribution in [-0.4, -0.2) is 46.4 Å². The van der Waals surface area contributed by atoms with Gasteiger partial charge < -0.3 is 14.8 Å². The van der Waals surface area contributed by atoms with Crippen molar-refractivity contribution in [3.8, 4) is 11.5 Å². The van der Waals surface area contributed by atoms with Crippen LogP contribution in [0, 0.1) is 0 Å². The minimum atomic E-state index is -3.33. The van der Waals surface area contributed by atoms with Gasteiger partial charge in [0.15, 0.2) is 6.10 Å². The van der Waals surface area contributed by atoms with Crippen LogP contribution in [0.4, 0.5) is 5.69 Å². The molecule has 0 bridgehead atoms. The summed E-state index contributed by atoms with van der Waals surface area (Å²) >= 11 is 0. The molecule has 7 nitrogen and oxygen atoms in total. The Hall–Kier alpha value is -2.74. The molecule has 0 heterocycles. The second-order valence-electron chi connectivity index (χ2n) is 7.95. The summed E-state index contributed by atoms with van der Waals surface area (Å²) in [6.45, 7) is 6.43. The lowest BCUT2D eigenvalue weighted by atomic mass is 10.1. The summed E-state index contributed by atoms with van der Waals surface area (Å²) in [6, 6.07) is 14.6. The lowest BCUT2D eigenvalue weighted by Gasteiger charge is -2.19. The maximum absolute atomic E-state index is 12.5. The Bertz CT molecular complexity index is 974. The number of sulfonamides is 1. The predicted molar refractivity (Wildman–Crippen MR) is 128 cm³/mol. The van der Waals surface area contributed by atoms with E-state index in [1.807, 2.05) is 39.0 Å². The third-order valence-electron chi connectivity index (χ3n) is 4.85. The molecule has 0 saturated heterocycles. The minimum Gasteiger partial charge on any atom is -0.491 e. The fourth-order valence-electron chi connectivity index (χ4n) is 3.08. The first-order valence-corrected chi connectivity index (χ1v) is 12.7. The highest BCUT2D eigenvalue weighted by Gasteiger charge is 2.18. The van der Waals surface area contributed by atoms with Crippen molar-refractivity contribution in [2.24, 2.45) is 0 Å². The predicted octanol–water partition coefficient (Wildman–Crippen LogP) is 3.78. The minimum absolute atomic E-state index is 0.132. The molecule has 2 rings (SSSR count). The van der Waals surface area contributed by atoms with Gasteiger partial charge in [0.2, 0.25) is 10.0 Å². The maximum atomic E-state index is 12.5. The monoisotopic (exact) mass is 462 g/mol. The summed E-state index contributed by atoms with van der Waals surface area (Å²) in [6.07, 6.45) is 2.82. The van der Waals surface area contributed by atoms with Crippen molar-refractivity contribution in [2.75, 3.05) is 24.2 Å². The van der Waals surface area contributed by atoms with E-state index in [-0.39, 0.29) is 12.0 Å². The van der Waals surface area contributed by atoms with Crippen LogP contribution >= 0.6 is 0 Å². The Morgan fingerprint density at radius 2 is 1.75 bits per heavy atom. The molecule has 2 aromatic carbocycles. The van der Waals surface area contributed by atoms with Gasteiger partial charge in [-0.05, 0) is 75.1 Å². The number of nitrogens with one attached hydrogen (secondary N) is 1. The zero-order chi connectivity index (χ0) is 23.7. The molecule has 0 fully saturated rings. The molecule has 0 aromatic heterocycles. The van der Waals surface area contributed by atoms with Crippen LogP contribution in [0.25, 0.3) is 0 Å². The van der Waals surface area contributed by atoms with Crippen LogP contribution in [0.3, 0.4) is 0 Å². The van der Waals surface area contributed by atoms with Gasteiger partial charge in [0.25, 0.3) is 5.91 Å². The largest absolute Gasteiger partial charge is 0.491 e. The average molecular weight is 463 g/mol. The summed E-state index contributed by atoms with van der Waals surface area (Å²) in [7, 11) is -1.84. The van der Waals surface area contributed by atoms with Crippen molar-refractivity contribution in [1.29, 1.82) is 0 Å². The topological polar surface area (TPSA) is 84.9 Å². The van der Waals surface area contributed by atoms with E-state index >= 15 is 0 Å². The molecule has 0 unspecified atom stereocenters. The number of carbonyl (C=O) groups is 1. The first kappa shape index (κ1) is 25.5. The van der Waals surface area contributed by atoms with Gasteiger partial charge >= 0.3 is 0 Å². The standard InChI is InChI=1S/C24H34N2O5S/c1-6-23(31-21-14-12-20(13-15-21)26(4)32(5,28)29)24(27)25-16-8-10-19-9-7-11-22(17-19)30-18(2)3/h7,9,11-15,17-18,23H,6,8,10,16H2,1-5H3,(H,25,27)/t23-/m0/s1. The molecule has 0 radical (unpaired) electrons. The third-order valence-corrected chi connectivity index (χ3v) is 6.06. The number of anilines is 1. The highest BCUT2D eigenvalue weighted by atomic mass is 32.2. The number of benzene rings is 2. The molecule has 8 heteroatoms. The second kappa shape index (κ2) is 11.8. The van der Waals surface area contributed by atoms with Gasteiger partial charge in [-0.15, -0.1) is 0 Å². The Kier molecular flexibility index (Phi) is 9.38. The van der Waals surface area contributed by atoms with Gasteiger partial charge in [0, 0.05) is 13.6 Å². The highest BCUT2D eigenvalue weighted by molar-refractivity contribution is 7.92. The molecule has 0 aliphatic heterocycles. The Morgan fingerprint density at radius 1 is 1.06 bits per heavy atom. The summed E-state index contributed by atoms with van der Waals surface area (Å²) < 4.78 is 36.0. The van der Waals surface area contributed by atoms with E-state index in [2.05, 4.69) is 11.4 Å². The number of hydrogen-bond donors (Lipinski definition) is 1. The summed E-state index contributed by atoms with van der Waals surface area (Å²) in [4.78, 5) is 12.5. The Balaban J connectivity index is 1.83. The average Bonchev–Trinajstić information content (AvgIpc) is 2.74. The van der Waals surface area contributed by atoms with Gasteiger partial charge in [0.05, 0.1) is 18.0 Å². The third kappa shape index (κ3) is 8.07. The molecule has 0 spiro atoms. The van der Waals surface area contributed by atoms with Crippen LogP contribution in [0.1, 0.15) is 39.2 Å². The zero-order valence-corrected chi connectivity index (χ0v) is 20.3. The SMILES string of the molecule is CC[C@H](Oc1ccc(N(C)S(C)(=O)=O)cc1)C(=O)NCCCc1cccc(OC(C)C)c1. The first-order valence-electron chi connectivity index (χ1n) is 10.8. The van der Waals surface area contributed by atoms with Crippen LogP contribution in [0.15, 0.2) is 48.5 Å².